The lowest BCUT2D eigenvalue weighted by Crippen LogP contribution is -2.42. The summed E-state index contributed by atoms with van der Waals surface area (Å²) in [5, 5.41) is 0. The first-order valence-corrected chi connectivity index (χ1v) is 6.22. The normalized spacial score (nSPS) is 26.8. The molecule has 2 fully saturated rings. The highest BCUT2D eigenvalue weighted by molar-refractivity contribution is 4.86. The molecule has 1 aliphatic heterocycles. The molecule has 1 atom stereocenters. The predicted octanol–water partition coefficient (Wildman–Crippen LogP) is 2.92. The molecule has 1 heterocycles. The SMILES string of the molecule is CC.CC.CC1CN(C2CC2)CCO1. The maximum Gasteiger partial charge on any atom is 0.0674 e. The van der Waals surface area contributed by atoms with Crippen LogP contribution in [0.5, 0.6) is 0 Å². The van der Waals surface area contributed by atoms with Crippen molar-refractivity contribution in [2.75, 3.05) is 19.7 Å². The van der Waals surface area contributed by atoms with Gasteiger partial charge in [0.1, 0.15) is 0 Å². The smallest absolute Gasteiger partial charge is 0.0674 e. The van der Waals surface area contributed by atoms with E-state index in [0.29, 0.717) is 6.10 Å². The van der Waals surface area contributed by atoms with E-state index >= 15 is 0 Å². The van der Waals surface area contributed by atoms with Gasteiger partial charge >= 0.3 is 0 Å². The summed E-state index contributed by atoms with van der Waals surface area (Å²) >= 11 is 0. The van der Waals surface area contributed by atoms with E-state index in [1.807, 2.05) is 27.7 Å². The third kappa shape index (κ3) is 4.97. The maximum absolute atomic E-state index is 5.44. The van der Waals surface area contributed by atoms with E-state index in [2.05, 4.69) is 11.8 Å². The Hall–Kier alpha value is -0.0800. The van der Waals surface area contributed by atoms with Crippen molar-refractivity contribution >= 4 is 0 Å². The number of hydrogen-bond donors (Lipinski definition) is 0. The van der Waals surface area contributed by atoms with Crippen molar-refractivity contribution in [3.63, 3.8) is 0 Å². The molecule has 1 aliphatic carbocycles. The summed E-state index contributed by atoms with van der Waals surface area (Å²) in [7, 11) is 0. The lowest BCUT2D eigenvalue weighted by atomic mass is 10.3. The predicted molar refractivity (Wildman–Crippen MR) is 62.7 cm³/mol. The summed E-state index contributed by atoms with van der Waals surface area (Å²) < 4.78 is 5.44. The fourth-order valence-electron chi connectivity index (χ4n) is 1.62. The van der Waals surface area contributed by atoms with Gasteiger partial charge in [-0.1, -0.05) is 27.7 Å². The number of morpholine rings is 1. The van der Waals surface area contributed by atoms with Crippen LogP contribution in [0.3, 0.4) is 0 Å². The van der Waals surface area contributed by atoms with Gasteiger partial charge in [0.05, 0.1) is 12.7 Å². The minimum atomic E-state index is 0.467. The summed E-state index contributed by atoms with van der Waals surface area (Å²) in [6, 6.07) is 0.923. The van der Waals surface area contributed by atoms with Gasteiger partial charge < -0.3 is 4.74 Å². The number of hydrogen-bond acceptors (Lipinski definition) is 2. The molecule has 0 bridgehead atoms. The molecular weight excluding hydrogens is 174 g/mol. The molecule has 14 heavy (non-hydrogen) atoms. The average Bonchev–Trinajstić information content (AvgIpc) is 3.07. The van der Waals surface area contributed by atoms with E-state index in [9.17, 15) is 0 Å². The fraction of sp³-hybridized carbons (Fsp3) is 1.00. The molecule has 0 spiro atoms. The molecule has 86 valence electrons. The van der Waals surface area contributed by atoms with Crippen molar-refractivity contribution in [1.82, 2.24) is 4.90 Å². The number of rotatable bonds is 1. The van der Waals surface area contributed by atoms with Crippen molar-refractivity contribution in [2.45, 2.75) is 59.6 Å². The van der Waals surface area contributed by atoms with Crippen molar-refractivity contribution in [1.29, 1.82) is 0 Å². The van der Waals surface area contributed by atoms with Crippen LogP contribution in [-0.2, 0) is 4.74 Å². The van der Waals surface area contributed by atoms with E-state index in [0.717, 1.165) is 25.7 Å². The Kier molecular flexibility index (Phi) is 8.20. The molecule has 2 rings (SSSR count). The van der Waals surface area contributed by atoms with Gasteiger partial charge in [0.2, 0.25) is 0 Å². The zero-order valence-corrected chi connectivity index (χ0v) is 10.5. The van der Waals surface area contributed by atoms with Gasteiger partial charge in [-0.3, -0.25) is 4.90 Å². The van der Waals surface area contributed by atoms with Gasteiger partial charge in [0, 0.05) is 19.1 Å². The minimum absolute atomic E-state index is 0.467. The van der Waals surface area contributed by atoms with Crippen LogP contribution in [0.25, 0.3) is 0 Å². The first-order valence-electron chi connectivity index (χ1n) is 6.22. The van der Waals surface area contributed by atoms with Gasteiger partial charge in [-0.2, -0.15) is 0 Å². The summed E-state index contributed by atoms with van der Waals surface area (Å²) in [6.45, 7) is 13.4. The van der Waals surface area contributed by atoms with E-state index in [-0.39, 0.29) is 0 Å². The highest BCUT2D eigenvalue weighted by Crippen LogP contribution is 2.27. The summed E-state index contributed by atoms with van der Waals surface area (Å²) in [4.78, 5) is 2.56. The molecule has 1 saturated heterocycles. The van der Waals surface area contributed by atoms with Crippen molar-refractivity contribution in [3.05, 3.63) is 0 Å². The Balaban J connectivity index is 0.000000379. The second kappa shape index (κ2) is 8.25. The standard InChI is InChI=1S/C8H15NO.2C2H6/c1-7-6-9(4-5-10-7)8-2-3-8;2*1-2/h7-8H,2-6H2,1H3;2*1-2H3. The molecule has 1 saturated carbocycles. The zero-order chi connectivity index (χ0) is 11.0. The lowest BCUT2D eigenvalue weighted by Gasteiger charge is -2.30. The zero-order valence-electron chi connectivity index (χ0n) is 10.5. The van der Waals surface area contributed by atoms with Gasteiger partial charge in [-0.25, -0.2) is 0 Å². The minimum Gasteiger partial charge on any atom is -0.376 e. The maximum atomic E-state index is 5.44. The molecule has 2 nitrogen and oxygen atoms in total. The van der Waals surface area contributed by atoms with Crippen molar-refractivity contribution < 1.29 is 4.74 Å². The van der Waals surface area contributed by atoms with E-state index in [1.54, 1.807) is 0 Å². The monoisotopic (exact) mass is 201 g/mol. The van der Waals surface area contributed by atoms with Crippen LogP contribution < -0.4 is 0 Å². The Morgan fingerprint density at radius 1 is 1.07 bits per heavy atom. The van der Waals surface area contributed by atoms with Crippen LogP contribution in [0.4, 0.5) is 0 Å². The summed E-state index contributed by atoms with van der Waals surface area (Å²) in [5.41, 5.74) is 0. The van der Waals surface area contributed by atoms with Gasteiger partial charge in [-0.15, -0.1) is 0 Å². The Morgan fingerprint density at radius 3 is 2.07 bits per heavy atom. The average molecular weight is 201 g/mol. The summed E-state index contributed by atoms with van der Waals surface area (Å²) in [5.74, 6) is 0. The molecular formula is C12H27NO. The topological polar surface area (TPSA) is 12.5 Å². The van der Waals surface area contributed by atoms with E-state index in [1.165, 1.54) is 12.8 Å². The molecule has 2 aliphatic rings. The van der Waals surface area contributed by atoms with Crippen LogP contribution in [-0.4, -0.2) is 36.7 Å². The molecule has 1 unspecified atom stereocenters. The summed E-state index contributed by atoms with van der Waals surface area (Å²) in [6.07, 6.45) is 3.31. The molecule has 2 heteroatoms. The molecule has 0 aromatic carbocycles. The second-order valence-corrected chi connectivity index (χ2v) is 3.41. The Morgan fingerprint density at radius 2 is 1.64 bits per heavy atom. The fourth-order valence-corrected chi connectivity index (χ4v) is 1.62. The van der Waals surface area contributed by atoms with Gasteiger partial charge in [-0.05, 0) is 19.8 Å². The van der Waals surface area contributed by atoms with E-state index in [4.69, 9.17) is 4.74 Å². The quantitative estimate of drug-likeness (QED) is 0.647. The molecule has 0 amide bonds. The third-order valence-corrected chi connectivity index (χ3v) is 2.34. The first-order chi connectivity index (χ1) is 6.86. The third-order valence-electron chi connectivity index (χ3n) is 2.34. The van der Waals surface area contributed by atoms with E-state index < -0.39 is 0 Å². The number of nitrogens with zero attached hydrogens (tertiary/aromatic N) is 1. The van der Waals surface area contributed by atoms with Gasteiger partial charge in [0.25, 0.3) is 0 Å². The molecule has 0 aromatic rings. The van der Waals surface area contributed by atoms with Crippen LogP contribution in [0.1, 0.15) is 47.5 Å². The molecule has 0 radical (unpaired) electrons. The van der Waals surface area contributed by atoms with Crippen molar-refractivity contribution in [2.24, 2.45) is 0 Å². The highest BCUT2D eigenvalue weighted by atomic mass is 16.5. The van der Waals surface area contributed by atoms with Crippen LogP contribution in [0, 0.1) is 0 Å². The lowest BCUT2D eigenvalue weighted by molar-refractivity contribution is -0.0213. The Bertz CT molecular complexity index is 123. The highest BCUT2D eigenvalue weighted by Gasteiger charge is 2.31. The largest absolute Gasteiger partial charge is 0.376 e. The first kappa shape index (κ1) is 13.9. The second-order valence-electron chi connectivity index (χ2n) is 3.41. The molecule has 0 N–H and O–H groups in total. The van der Waals surface area contributed by atoms with Gasteiger partial charge in [0.15, 0.2) is 0 Å². The van der Waals surface area contributed by atoms with Crippen LogP contribution in [0.2, 0.25) is 0 Å². The Labute approximate surface area is 89.6 Å². The van der Waals surface area contributed by atoms with Crippen LogP contribution >= 0.6 is 0 Å². The number of ether oxygens (including phenoxy) is 1. The molecule has 0 aromatic heterocycles. The van der Waals surface area contributed by atoms with Crippen molar-refractivity contribution in [3.8, 4) is 0 Å². The van der Waals surface area contributed by atoms with Crippen LogP contribution in [0.15, 0.2) is 0 Å².